The Balaban J connectivity index is 2.19. The van der Waals surface area contributed by atoms with E-state index < -0.39 is 0 Å². The number of rotatable bonds is 7. The van der Waals surface area contributed by atoms with Gasteiger partial charge in [0.25, 0.3) is 5.91 Å². The van der Waals surface area contributed by atoms with Crippen molar-refractivity contribution in [3.05, 3.63) is 52.8 Å². The van der Waals surface area contributed by atoms with Crippen molar-refractivity contribution in [2.75, 3.05) is 13.7 Å². The van der Waals surface area contributed by atoms with Gasteiger partial charge in [0.2, 0.25) is 0 Å². The zero-order chi connectivity index (χ0) is 17.5. The maximum absolute atomic E-state index is 12.5. The summed E-state index contributed by atoms with van der Waals surface area (Å²) >= 11 is 6.25. The molecule has 1 amide bonds. The predicted molar refractivity (Wildman–Crippen MR) is 93.9 cm³/mol. The lowest BCUT2D eigenvalue weighted by molar-refractivity contribution is 0.0939. The minimum Gasteiger partial charge on any atom is -0.493 e. The number of nitrogens with one attached hydrogen (secondary N) is 1. The van der Waals surface area contributed by atoms with E-state index >= 15 is 0 Å². The Morgan fingerprint density at radius 2 is 2.04 bits per heavy atom. The first-order valence-electron chi connectivity index (χ1n) is 7.78. The van der Waals surface area contributed by atoms with Crippen LogP contribution in [-0.4, -0.2) is 24.6 Å². The Morgan fingerprint density at radius 3 is 2.67 bits per heavy atom. The smallest absolute Gasteiger partial charge is 0.251 e. The van der Waals surface area contributed by atoms with Crippen molar-refractivity contribution in [1.82, 2.24) is 10.3 Å². The van der Waals surface area contributed by atoms with Gasteiger partial charge in [0.15, 0.2) is 11.5 Å². The van der Waals surface area contributed by atoms with E-state index in [0.29, 0.717) is 28.7 Å². The molecule has 5 nitrogen and oxygen atoms in total. The molecule has 0 aliphatic rings. The largest absolute Gasteiger partial charge is 0.493 e. The normalized spacial score (nSPS) is 11.7. The molecule has 0 saturated carbocycles. The summed E-state index contributed by atoms with van der Waals surface area (Å²) in [5, 5.41) is 3.28. The van der Waals surface area contributed by atoms with Gasteiger partial charge in [-0.15, -0.1) is 0 Å². The number of methoxy groups -OCH3 is 1. The number of carbonyl (C=O) groups is 1. The van der Waals surface area contributed by atoms with Gasteiger partial charge in [0, 0.05) is 18.0 Å². The van der Waals surface area contributed by atoms with E-state index in [1.165, 1.54) is 7.11 Å². The third-order valence-corrected chi connectivity index (χ3v) is 3.78. The standard InChI is InChI=1S/C18H21ClN2O3/c1-4-9-24-17-15(19)10-14(11-16(17)23-3)18(22)21-12(2)13-5-7-20-8-6-13/h5-8,10-12H,4,9H2,1-3H3,(H,21,22). The first-order chi connectivity index (χ1) is 11.6. The molecule has 2 rings (SSSR count). The lowest BCUT2D eigenvalue weighted by atomic mass is 10.1. The molecule has 1 aromatic heterocycles. The van der Waals surface area contributed by atoms with Crippen molar-refractivity contribution in [3.63, 3.8) is 0 Å². The van der Waals surface area contributed by atoms with Gasteiger partial charge in [0.05, 0.1) is 24.8 Å². The number of halogens is 1. The molecule has 0 saturated heterocycles. The number of hydrogen-bond acceptors (Lipinski definition) is 4. The van der Waals surface area contributed by atoms with Crippen LogP contribution in [0.1, 0.15) is 42.2 Å². The van der Waals surface area contributed by atoms with Crippen LogP contribution in [0.2, 0.25) is 5.02 Å². The van der Waals surface area contributed by atoms with Crippen LogP contribution in [0.15, 0.2) is 36.7 Å². The van der Waals surface area contributed by atoms with Crippen LogP contribution >= 0.6 is 11.6 Å². The van der Waals surface area contributed by atoms with Crippen LogP contribution < -0.4 is 14.8 Å². The highest BCUT2D eigenvalue weighted by atomic mass is 35.5. The number of carbonyl (C=O) groups excluding carboxylic acids is 1. The fraction of sp³-hybridized carbons (Fsp3) is 0.333. The Kier molecular flexibility index (Phi) is 6.44. The molecule has 1 aromatic carbocycles. The first-order valence-corrected chi connectivity index (χ1v) is 8.15. The van der Waals surface area contributed by atoms with Crippen molar-refractivity contribution in [1.29, 1.82) is 0 Å². The average molecular weight is 349 g/mol. The molecular weight excluding hydrogens is 328 g/mol. The Labute approximate surface area is 147 Å². The number of aromatic nitrogens is 1. The van der Waals surface area contributed by atoms with Crippen LogP contribution in [0, 0.1) is 0 Å². The minimum atomic E-state index is -0.235. The van der Waals surface area contributed by atoms with Crippen LogP contribution in [0.5, 0.6) is 11.5 Å². The Hall–Kier alpha value is -2.27. The molecule has 0 bridgehead atoms. The molecule has 0 fully saturated rings. The van der Waals surface area contributed by atoms with Crippen LogP contribution in [0.25, 0.3) is 0 Å². The number of nitrogens with zero attached hydrogens (tertiary/aromatic N) is 1. The summed E-state index contributed by atoms with van der Waals surface area (Å²) in [5.41, 5.74) is 1.39. The second-order valence-corrected chi connectivity index (χ2v) is 5.72. The summed E-state index contributed by atoms with van der Waals surface area (Å²) in [4.78, 5) is 16.5. The first kappa shape index (κ1) is 18.1. The molecule has 0 spiro atoms. The molecule has 6 heteroatoms. The third kappa shape index (κ3) is 4.38. The summed E-state index contributed by atoms with van der Waals surface area (Å²) in [7, 11) is 1.52. The van der Waals surface area contributed by atoms with E-state index in [9.17, 15) is 4.79 Å². The van der Waals surface area contributed by atoms with Gasteiger partial charge in [-0.1, -0.05) is 18.5 Å². The summed E-state index contributed by atoms with van der Waals surface area (Å²) in [6, 6.07) is 6.79. The molecule has 0 radical (unpaired) electrons. The number of hydrogen-bond donors (Lipinski definition) is 1. The van der Waals surface area contributed by atoms with E-state index in [1.807, 2.05) is 26.0 Å². The van der Waals surface area contributed by atoms with E-state index in [2.05, 4.69) is 10.3 Å². The van der Waals surface area contributed by atoms with Crippen LogP contribution in [-0.2, 0) is 0 Å². The number of amides is 1. The summed E-state index contributed by atoms with van der Waals surface area (Å²) in [6.07, 6.45) is 4.24. The van der Waals surface area contributed by atoms with E-state index in [-0.39, 0.29) is 11.9 Å². The van der Waals surface area contributed by atoms with Gasteiger partial charge in [-0.05, 0) is 43.2 Å². The van der Waals surface area contributed by atoms with Gasteiger partial charge in [-0.25, -0.2) is 0 Å². The molecular formula is C18H21ClN2O3. The molecule has 0 aliphatic carbocycles. The van der Waals surface area contributed by atoms with Crippen molar-refractivity contribution >= 4 is 17.5 Å². The zero-order valence-electron chi connectivity index (χ0n) is 14.0. The molecule has 1 heterocycles. The monoisotopic (exact) mass is 348 g/mol. The maximum Gasteiger partial charge on any atom is 0.251 e. The Bertz CT molecular complexity index is 692. The predicted octanol–water partition coefficient (Wildman–Crippen LogP) is 4.02. The number of ether oxygens (including phenoxy) is 2. The van der Waals surface area contributed by atoms with Crippen molar-refractivity contribution in [2.24, 2.45) is 0 Å². The highest BCUT2D eigenvalue weighted by Gasteiger charge is 2.17. The van der Waals surface area contributed by atoms with Gasteiger partial charge in [0.1, 0.15) is 0 Å². The van der Waals surface area contributed by atoms with Crippen molar-refractivity contribution in [2.45, 2.75) is 26.3 Å². The molecule has 0 aliphatic heterocycles. The van der Waals surface area contributed by atoms with Crippen LogP contribution in [0.4, 0.5) is 0 Å². The molecule has 128 valence electrons. The molecule has 2 aromatic rings. The summed E-state index contributed by atoms with van der Waals surface area (Å²) in [5.74, 6) is 0.666. The molecule has 1 atom stereocenters. The molecule has 24 heavy (non-hydrogen) atoms. The van der Waals surface area contributed by atoms with E-state index in [0.717, 1.165) is 12.0 Å². The maximum atomic E-state index is 12.5. The molecule has 1 N–H and O–H groups in total. The highest BCUT2D eigenvalue weighted by Crippen LogP contribution is 2.36. The number of benzene rings is 1. The van der Waals surface area contributed by atoms with Gasteiger partial charge in [-0.2, -0.15) is 0 Å². The summed E-state index contributed by atoms with van der Waals surface area (Å²) in [6.45, 7) is 4.44. The summed E-state index contributed by atoms with van der Waals surface area (Å²) < 4.78 is 10.9. The fourth-order valence-electron chi connectivity index (χ4n) is 2.21. The fourth-order valence-corrected chi connectivity index (χ4v) is 2.48. The van der Waals surface area contributed by atoms with Crippen molar-refractivity contribution in [3.8, 4) is 11.5 Å². The lowest BCUT2D eigenvalue weighted by Gasteiger charge is -2.16. The van der Waals surface area contributed by atoms with E-state index in [4.69, 9.17) is 21.1 Å². The number of pyridine rings is 1. The van der Waals surface area contributed by atoms with Gasteiger partial charge in [-0.3, -0.25) is 9.78 Å². The quantitative estimate of drug-likeness (QED) is 0.820. The molecule has 1 unspecified atom stereocenters. The minimum absolute atomic E-state index is 0.152. The average Bonchev–Trinajstić information content (AvgIpc) is 2.60. The second-order valence-electron chi connectivity index (χ2n) is 5.31. The van der Waals surface area contributed by atoms with Crippen molar-refractivity contribution < 1.29 is 14.3 Å². The van der Waals surface area contributed by atoms with Gasteiger partial charge >= 0.3 is 0 Å². The van der Waals surface area contributed by atoms with E-state index in [1.54, 1.807) is 24.5 Å². The lowest BCUT2D eigenvalue weighted by Crippen LogP contribution is -2.26. The zero-order valence-corrected chi connectivity index (χ0v) is 14.8. The second kappa shape index (κ2) is 8.55. The SMILES string of the molecule is CCCOc1c(Cl)cc(C(=O)NC(C)c2ccncc2)cc1OC. The third-order valence-electron chi connectivity index (χ3n) is 3.50. The Morgan fingerprint density at radius 1 is 1.33 bits per heavy atom. The highest BCUT2D eigenvalue weighted by molar-refractivity contribution is 6.32. The van der Waals surface area contributed by atoms with Crippen LogP contribution in [0.3, 0.4) is 0 Å². The topological polar surface area (TPSA) is 60.5 Å². The van der Waals surface area contributed by atoms with Gasteiger partial charge < -0.3 is 14.8 Å².